The molecule has 4 nitrogen and oxygen atoms in total. The molecule has 1 N–H and O–H groups in total. The highest BCUT2D eigenvalue weighted by Gasteiger charge is 2.32. The van der Waals surface area contributed by atoms with Crippen molar-refractivity contribution in [2.75, 3.05) is 6.61 Å². The van der Waals surface area contributed by atoms with E-state index in [4.69, 9.17) is 14.6 Å². The van der Waals surface area contributed by atoms with E-state index in [0.29, 0.717) is 19.4 Å². The number of rotatable bonds is 6. The van der Waals surface area contributed by atoms with E-state index in [1.165, 1.54) is 5.56 Å². The zero-order chi connectivity index (χ0) is 15.7. The summed E-state index contributed by atoms with van der Waals surface area (Å²) in [4.78, 5) is 11.0. The Balaban J connectivity index is 1.92. The molecule has 0 radical (unpaired) electrons. The summed E-state index contributed by atoms with van der Waals surface area (Å²) in [7, 11) is 0. The lowest BCUT2D eigenvalue weighted by atomic mass is 9.88. The number of hydrogen-bond acceptors (Lipinski definition) is 3. The Labute approximate surface area is 126 Å². The molecule has 0 unspecified atom stereocenters. The Hall–Kier alpha value is -1.71. The first-order chi connectivity index (χ1) is 9.71. The Bertz CT molecular complexity index is 532. The minimum absolute atomic E-state index is 0.187. The second-order valence-corrected chi connectivity index (χ2v) is 6.92. The van der Waals surface area contributed by atoms with Crippen LogP contribution in [0.4, 0.5) is 0 Å². The van der Waals surface area contributed by atoms with Gasteiger partial charge in [-0.15, -0.1) is 0 Å². The highest BCUT2D eigenvalue weighted by Crippen LogP contribution is 2.41. The smallest absolute Gasteiger partial charge is 0.309 e. The lowest BCUT2D eigenvalue weighted by Gasteiger charge is -2.20. The third kappa shape index (κ3) is 3.69. The number of carbonyl (C=O) groups is 1. The molecule has 1 aliphatic heterocycles. The van der Waals surface area contributed by atoms with Gasteiger partial charge in [0.2, 0.25) is 0 Å². The van der Waals surface area contributed by atoms with Crippen molar-refractivity contribution in [2.45, 2.75) is 52.6 Å². The normalized spacial score (nSPS) is 16.2. The summed E-state index contributed by atoms with van der Waals surface area (Å²) >= 11 is 0. The fraction of sp³-hybridized carbons (Fsp3) is 0.588. The number of aliphatic carboxylic acids is 1. The van der Waals surface area contributed by atoms with Crippen molar-refractivity contribution in [1.29, 1.82) is 0 Å². The lowest BCUT2D eigenvalue weighted by molar-refractivity contribution is -0.147. The molecule has 21 heavy (non-hydrogen) atoms. The van der Waals surface area contributed by atoms with E-state index < -0.39 is 11.4 Å². The summed E-state index contributed by atoms with van der Waals surface area (Å²) in [6.45, 7) is 8.09. The third-order valence-electron chi connectivity index (χ3n) is 3.84. The first-order valence-corrected chi connectivity index (χ1v) is 7.38. The van der Waals surface area contributed by atoms with E-state index >= 15 is 0 Å². The van der Waals surface area contributed by atoms with Gasteiger partial charge in [-0.1, -0.05) is 12.1 Å². The summed E-state index contributed by atoms with van der Waals surface area (Å²) in [6.07, 6.45) is 2.17. The molecule has 0 bridgehead atoms. The van der Waals surface area contributed by atoms with Crippen molar-refractivity contribution in [2.24, 2.45) is 5.41 Å². The molecule has 1 aromatic rings. The SMILES string of the molecule is CC1(C)Cc2cccc(OCCCC(C)(C)C(=O)O)c2O1. The molecule has 0 saturated heterocycles. The lowest BCUT2D eigenvalue weighted by Crippen LogP contribution is -2.25. The quantitative estimate of drug-likeness (QED) is 0.813. The molecular formula is C17H24O4. The van der Waals surface area contributed by atoms with Gasteiger partial charge in [0.25, 0.3) is 0 Å². The zero-order valence-electron chi connectivity index (χ0n) is 13.2. The average Bonchev–Trinajstić information content (AvgIpc) is 2.69. The van der Waals surface area contributed by atoms with E-state index in [1.54, 1.807) is 13.8 Å². The van der Waals surface area contributed by atoms with Crippen LogP contribution in [0, 0.1) is 5.41 Å². The average molecular weight is 292 g/mol. The predicted molar refractivity (Wildman–Crippen MR) is 81.0 cm³/mol. The number of para-hydroxylation sites is 1. The van der Waals surface area contributed by atoms with Crippen molar-refractivity contribution < 1.29 is 19.4 Å². The van der Waals surface area contributed by atoms with Crippen LogP contribution in [0.15, 0.2) is 18.2 Å². The van der Waals surface area contributed by atoms with E-state index in [2.05, 4.69) is 19.9 Å². The van der Waals surface area contributed by atoms with E-state index in [9.17, 15) is 4.79 Å². The third-order valence-corrected chi connectivity index (χ3v) is 3.84. The maximum Gasteiger partial charge on any atom is 0.309 e. The molecular weight excluding hydrogens is 268 g/mol. The van der Waals surface area contributed by atoms with Gasteiger partial charge in [0.1, 0.15) is 5.60 Å². The van der Waals surface area contributed by atoms with Crippen LogP contribution in [0.1, 0.15) is 46.1 Å². The number of hydrogen-bond donors (Lipinski definition) is 1. The molecule has 0 saturated carbocycles. The topological polar surface area (TPSA) is 55.8 Å². The van der Waals surface area contributed by atoms with Gasteiger partial charge in [0.15, 0.2) is 11.5 Å². The van der Waals surface area contributed by atoms with Crippen LogP contribution in [0.2, 0.25) is 0 Å². The van der Waals surface area contributed by atoms with Gasteiger partial charge >= 0.3 is 5.97 Å². The number of ether oxygens (including phenoxy) is 2. The highest BCUT2D eigenvalue weighted by molar-refractivity contribution is 5.73. The van der Waals surface area contributed by atoms with Crippen molar-refractivity contribution in [3.8, 4) is 11.5 Å². The van der Waals surface area contributed by atoms with E-state index in [0.717, 1.165) is 17.9 Å². The van der Waals surface area contributed by atoms with Gasteiger partial charge < -0.3 is 14.6 Å². The minimum Gasteiger partial charge on any atom is -0.490 e. The van der Waals surface area contributed by atoms with Crippen molar-refractivity contribution in [1.82, 2.24) is 0 Å². The van der Waals surface area contributed by atoms with Gasteiger partial charge in [-0.25, -0.2) is 0 Å². The Morgan fingerprint density at radius 3 is 2.81 bits per heavy atom. The van der Waals surface area contributed by atoms with Gasteiger partial charge in [0.05, 0.1) is 12.0 Å². The number of benzene rings is 1. The first kappa shape index (κ1) is 15.7. The molecule has 0 amide bonds. The van der Waals surface area contributed by atoms with Crippen molar-refractivity contribution >= 4 is 5.97 Å². The maximum absolute atomic E-state index is 11.0. The first-order valence-electron chi connectivity index (χ1n) is 7.38. The maximum atomic E-state index is 11.0. The zero-order valence-corrected chi connectivity index (χ0v) is 13.2. The highest BCUT2D eigenvalue weighted by atomic mass is 16.5. The fourth-order valence-corrected chi connectivity index (χ4v) is 2.50. The Morgan fingerprint density at radius 2 is 2.14 bits per heavy atom. The molecule has 0 fully saturated rings. The van der Waals surface area contributed by atoms with Crippen LogP contribution in [0.25, 0.3) is 0 Å². The molecule has 1 aliphatic rings. The molecule has 0 aliphatic carbocycles. The molecule has 0 spiro atoms. The van der Waals surface area contributed by atoms with Gasteiger partial charge in [-0.05, 0) is 46.6 Å². The predicted octanol–water partition coefficient (Wildman–Crippen LogP) is 3.67. The van der Waals surface area contributed by atoms with Crippen LogP contribution in [0.3, 0.4) is 0 Å². The summed E-state index contributed by atoms with van der Waals surface area (Å²) < 4.78 is 11.7. The number of carboxylic acid groups (broad SMARTS) is 1. The van der Waals surface area contributed by atoms with E-state index in [1.807, 2.05) is 12.1 Å². The minimum atomic E-state index is -0.770. The molecule has 0 atom stereocenters. The standard InChI is InChI=1S/C17H24O4/c1-16(2,15(18)19)9-6-10-20-13-8-5-7-12-11-17(3,4)21-14(12)13/h5,7-8H,6,9-11H2,1-4H3,(H,18,19). The molecule has 1 heterocycles. The van der Waals surface area contributed by atoms with Gasteiger partial charge in [-0.2, -0.15) is 0 Å². The second-order valence-electron chi connectivity index (χ2n) is 6.92. The van der Waals surface area contributed by atoms with Crippen LogP contribution in [-0.2, 0) is 11.2 Å². The fourth-order valence-electron chi connectivity index (χ4n) is 2.50. The summed E-state index contributed by atoms with van der Waals surface area (Å²) in [6, 6.07) is 5.94. The van der Waals surface area contributed by atoms with Crippen molar-refractivity contribution in [3.05, 3.63) is 23.8 Å². The van der Waals surface area contributed by atoms with Gasteiger partial charge in [0, 0.05) is 12.0 Å². The molecule has 4 heteroatoms. The number of fused-ring (bicyclic) bond motifs is 1. The molecule has 2 rings (SSSR count). The van der Waals surface area contributed by atoms with Crippen molar-refractivity contribution in [3.63, 3.8) is 0 Å². The Kier molecular flexibility index (Phi) is 4.17. The molecule has 116 valence electrons. The van der Waals surface area contributed by atoms with Crippen LogP contribution in [-0.4, -0.2) is 23.3 Å². The summed E-state index contributed by atoms with van der Waals surface area (Å²) in [5.74, 6) is 0.819. The summed E-state index contributed by atoms with van der Waals surface area (Å²) in [5, 5.41) is 9.08. The van der Waals surface area contributed by atoms with Crippen LogP contribution in [0.5, 0.6) is 11.5 Å². The van der Waals surface area contributed by atoms with Crippen LogP contribution < -0.4 is 9.47 Å². The number of carboxylic acids is 1. The molecule has 0 aromatic heterocycles. The molecule has 1 aromatic carbocycles. The second kappa shape index (κ2) is 5.58. The van der Waals surface area contributed by atoms with E-state index in [-0.39, 0.29) is 5.60 Å². The Morgan fingerprint density at radius 1 is 1.43 bits per heavy atom. The summed E-state index contributed by atoms with van der Waals surface area (Å²) in [5.41, 5.74) is 0.275. The largest absolute Gasteiger partial charge is 0.490 e. The monoisotopic (exact) mass is 292 g/mol. The van der Waals surface area contributed by atoms with Gasteiger partial charge in [-0.3, -0.25) is 4.79 Å². The van der Waals surface area contributed by atoms with Crippen LogP contribution >= 0.6 is 0 Å².